The lowest BCUT2D eigenvalue weighted by Crippen LogP contribution is -2.50. The van der Waals surface area contributed by atoms with Crippen LogP contribution >= 0.6 is 12.4 Å². The molecule has 1 saturated heterocycles. The first-order valence-electron chi connectivity index (χ1n) is 5.61. The van der Waals surface area contributed by atoms with Crippen LogP contribution in [-0.4, -0.2) is 42.6 Å². The number of halogens is 1. The van der Waals surface area contributed by atoms with Crippen molar-refractivity contribution in [3.8, 4) is 0 Å². The van der Waals surface area contributed by atoms with Gasteiger partial charge in [0.15, 0.2) is 0 Å². The smallest absolute Gasteiger partial charge is 0.242 e. The topological polar surface area (TPSA) is 55.6 Å². The summed E-state index contributed by atoms with van der Waals surface area (Å²) in [6.45, 7) is 8.60. The molecule has 0 aliphatic carbocycles. The van der Waals surface area contributed by atoms with Gasteiger partial charge in [0, 0.05) is 25.6 Å². The van der Waals surface area contributed by atoms with Crippen LogP contribution in [0.5, 0.6) is 0 Å². The first-order chi connectivity index (χ1) is 6.95. The van der Waals surface area contributed by atoms with Gasteiger partial charge in [-0.1, -0.05) is 0 Å². The molecule has 1 atom stereocenters. The molecule has 5 heteroatoms. The Morgan fingerprint density at radius 3 is 2.69 bits per heavy atom. The largest absolute Gasteiger partial charge is 0.381 e. The molecular weight excluding hydrogens is 228 g/mol. The molecule has 1 unspecified atom stereocenters. The Hall–Kier alpha value is -0.320. The van der Waals surface area contributed by atoms with Crippen molar-refractivity contribution in [1.29, 1.82) is 0 Å². The van der Waals surface area contributed by atoms with Crippen molar-refractivity contribution in [3.05, 3.63) is 0 Å². The molecule has 4 nitrogen and oxygen atoms in total. The normalized spacial score (nSPS) is 20.8. The number of hydrogen-bond acceptors (Lipinski definition) is 3. The van der Waals surface area contributed by atoms with Gasteiger partial charge in [0.1, 0.15) is 0 Å². The summed E-state index contributed by atoms with van der Waals surface area (Å²) in [6.07, 6.45) is 1.03. The molecule has 0 bridgehead atoms. The molecule has 1 aliphatic rings. The van der Waals surface area contributed by atoms with E-state index in [0.29, 0.717) is 5.92 Å². The fourth-order valence-electron chi connectivity index (χ4n) is 1.85. The number of rotatable bonds is 4. The number of likely N-dealkylation sites (tertiary alicyclic amines) is 1. The van der Waals surface area contributed by atoms with Crippen LogP contribution in [0.1, 0.15) is 27.2 Å². The van der Waals surface area contributed by atoms with Crippen molar-refractivity contribution >= 4 is 18.3 Å². The van der Waals surface area contributed by atoms with E-state index in [9.17, 15) is 4.79 Å². The van der Waals surface area contributed by atoms with Gasteiger partial charge in [-0.3, -0.25) is 4.79 Å². The highest BCUT2D eigenvalue weighted by Crippen LogP contribution is 2.19. The summed E-state index contributed by atoms with van der Waals surface area (Å²) in [5.41, 5.74) is 5.03. The second kappa shape index (κ2) is 6.42. The number of carbonyl (C=O) groups is 1. The molecule has 1 aliphatic heterocycles. The van der Waals surface area contributed by atoms with Gasteiger partial charge >= 0.3 is 0 Å². The third kappa shape index (κ3) is 4.28. The van der Waals surface area contributed by atoms with Gasteiger partial charge in [0.2, 0.25) is 5.91 Å². The number of nitrogens with zero attached hydrogens (tertiary/aromatic N) is 1. The Labute approximate surface area is 104 Å². The summed E-state index contributed by atoms with van der Waals surface area (Å²) in [7, 11) is 0. The van der Waals surface area contributed by atoms with E-state index in [4.69, 9.17) is 10.5 Å². The SMILES string of the molecule is CCOCC1CCN(C(=O)C(C)(C)N)C1.Cl. The summed E-state index contributed by atoms with van der Waals surface area (Å²) < 4.78 is 5.36. The van der Waals surface area contributed by atoms with Crippen molar-refractivity contribution in [3.63, 3.8) is 0 Å². The van der Waals surface area contributed by atoms with E-state index in [-0.39, 0.29) is 18.3 Å². The zero-order valence-electron chi connectivity index (χ0n) is 10.4. The Bertz CT molecular complexity index is 229. The molecule has 2 N–H and O–H groups in total. The second-order valence-electron chi connectivity index (χ2n) is 4.79. The van der Waals surface area contributed by atoms with E-state index in [2.05, 4.69) is 0 Å². The fraction of sp³-hybridized carbons (Fsp3) is 0.909. The first kappa shape index (κ1) is 15.7. The number of ether oxygens (including phenoxy) is 1. The highest BCUT2D eigenvalue weighted by molar-refractivity contribution is 5.85. The average Bonchev–Trinajstić information content (AvgIpc) is 2.60. The first-order valence-corrected chi connectivity index (χ1v) is 5.61. The molecule has 16 heavy (non-hydrogen) atoms. The number of hydrogen-bond donors (Lipinski definition) is 1. The van der Waals surface area contributed by atoms with Crippen LogP contribution in [0.15, 0.2) is 0 Å². The van der Waals surface area contributed by atoms with E-state index < -0.39 is 5.54 Å². The van der Waals surface area contributed by atoms with Gasteiger partial charge in [0.25, 0.3) is 0 Å². The van der Waals surface area contributed by atoms with Gasteiger partial charge in [-0.25, -0.2) is 0 Å². The maximum absolute atomic E-state index is 11.8. The van der Waals surface area contributed by atoms with Crippen molar-refractivity contribution in [2.75, 3.05) is 26.3 Å². The van der Waals surface area contributed by atoms with Crippen LogP contribution in [-0.2, 0) is 9.53 Å². The van der Waals surface area contributed by atoms with Gasteiger partial charge in [-0.05, 0) is 27.2 Å². The second-order valence-corrected chi connectivity index (χ2v) is 4.79. The van der Waals surface area contributed by atoms with E-state index in [1.807, 2.05) is 11.8 Å². The van der Waals surface area contributed by atoms with Crippen molar-refractivity contribution < 1.29 is 9.53 Å². The van der Waals surface area contributed by atoms with Crippen LogP contribution in [0.3, 0.4) is 0 Å². The lowest BCUT2D eigenvalue weighted by atomic mass is 10.1. The number of carbonyl (C=O) groups excluding carboxylic acids is 1. The summed E-state index contributed by atoms with van der Waals surface area (Å²) >= 11 is 0. The monoisotopic (exact) mass is 250 g/mol. The highest BCUT2D eigenvalue weighted by atomic mass is 35.5. The van der Waals surface area contributed by atoms with Gasteiger partial charge < -0.3 is 15.4 Å². The van der Waals surface area contributed by atoms with E-state index in [0.717, 1.165) is 32.7 Å². The Morgan fingerprint density at radius 1 is 1.56 bits per heavy atom. The molecule has 0 radical (unpaired) electrons. The molecule has 0 spiro atoms. The maximum atomic E-state index is 11.8. The Morgan fingerprint density at radius 2 is 2.19 bits per heavy atom. The molecule has 1 rings (SSSR count). The minimum absolute atomic E-state index is 0. The Balaban J connectivity index is 0.00000225. The van der Waals surface area contributed by atoms with Crippen molar-refractivity contribution in [2.24, 2.45) is 11.7 Å². The van der Waals surface area contributed by atoms with Crippen molar-refractivity contribution in [1.82, 2.24) is 4.90 Å². The van der Waals surface area contributed by atoms with E-state index in [1.54, 1.807) is 13.8 Å². The molecule has 1 heterocycles. The van der Waals surface area contributed by atoms with Crippen LogP contribution in [0.4, 0.5) is 0 Å². The van der Waals surface area contributed by atoms with Gasteiger partial charge in [-0.2, -0.15) is 0 Å². The third-order valence-electron chi connectivity index (χ3n) is 2.68. The van der Waals surface area contributed by atoms with Crippen molar-refractivity contribution in [2.45, 2.75) is 32.7 Å². The molecule has 0 aromatic rings. The van der Waals surface area contributed by atoms with Crippen LogP contribution in [0.2, 0.25) is 0 Å². The molecule has 0 aromatic carbocycles. The molecule has 1 fully saturated rings. The zero-order chi connectivity index (χ0) is 11.5. The van der Waals surface area contributed by atoms with Gasteiger partial charge in [-0.15, -0.1) is 12.4 Å². The lowest BCUT2D eigenvalue weighted by molar-refractivity contribution is -0.134. The van der Waals surface area contributed by atoms with E-state index >= 15 is 0 Å². The minimum Gasteiger partial charge on any atom is -0.381 e. The molecular formula is C11H23ClN2O2. The predicted octanol–water partition coefficient (Wildman–Crippen LogP) is 1.03. The number of nitrogens with two attached hydrogens (primary N) is 1. The lowest BCUT2D eigenvalue weighted by Gasteiger charge is -2.25. The Kier molecular flexibility index (Phi) is 6.30. The van der Waals surface area contributed by atoms with E-state index in [1.165, 1.54) is 0 Å². The van der Waals surface area contributed by atoms with Crippen LogP contribution in [0, 0.1) is 5.92 Å². The standard InChI is InChI=1S/C11H22N2O2.ClH/c1-4-15-8-9-5-6-13(7-9)10(14)11(2,3)12;/h9H,4-8,12H2,1-3H3;1H. The quantitative estimate of drug-likeness (QED) is 0.811. The predicted molar refractivity (Wildman–Crippen MR) is 66.7 cm³/mol. The summed E-state index contributed by atoms with van der Waals surface area (Å²) in [5.74, 6) is 0.526. The maximum Gasteiger partial charge on any atom is 0.242 e. The summed E-state index contributed by atoms with van der Waals surface area (Å²) in [5, 5.41) is 0. The third-order valence-corrected chi connectivity index (χ3v) is 2.68. The molecule has 1 amide bonds. The zero-order valence-corrected chi connectivity index (χ0v) is 11.2. The average molecular weight is 251 g/mol. The van der Waals surface area contributed by atoms with Gasteiger partial charge in [0.05, 0.1) is 12.1 Å². The highest BCUT2D eigenvalue weighted by Gasteiger charge is 2.33. The fourth-order valence-corrected chi connectivity index (χ4v) is 1.85. The number of amides is 1. The molecule has 0 aromatic heterocycles. The van der Waals surface area contributed by atoms with Crippen LogP contribution < -0.4 is 5.73 Å². The van der Waals surface area contributed by atoms with Crippen LogP contribution in [0.25, 0.3) is 0 Å². The molecule has 0 saturated carbocycles. The summed E-state index contributed by atoms with van der Waals surface area (Å²) in [4.78, 5) is 13.7. The summed E-state index contributed by atoms with van der Waals surface area (Å²) in [6, 6.07) is 0. The minimum atomic E-state index is -0.750. The molecule has 96 valence electrons.